The van der Waals surface area contributed by atoms with Crippen LogP contribution in [0.15, 0.2) is 72.1 Å². The van der Waals surface area contributed by atoms with Crippen molar-refractivity contribution in [3.8, 4) is 5.69 Å². The first-order valence-electron chi connectivity index (χ1n) is 6.86. The number of benzene rings is 2. The van der Waals surface area contributed by atoms with E-state index < -0.39 is 4.92 Å². The van der Waals surface area contributed by atoms with Crippen LogP contribution < -0.4 is 5.43 Å². The van der Waals surface area contributed by atoms with E-state index in [-0.39, 0.29) is 5.69 Å². The number of hydrogen-bond acceptors (Lipinski definition) is 5. The van der Waals surface area contributed by atoms with E-state index in [1.165, 1.54) is 12.1 Å². The molecule has 0 amide bonds. The summed E-state index contributed by atoms with van der Waals surface area (Å²) in [6, 6.07) is 15.8. The van der Waals surface area contributed by atoms with Crippen LogP contribution >= 0.6 is 0 Å². The maximum Gasteiger partial charge on any atom is 0.269 e. The molecule has 0 unspecified atom stereocenters. The summed E-state index contributed by atoms with van der Waals surface area (Å²) in [6.45, 7) is 0. The molecular formula is C16H13N5O2. The Labute approximate surface area is 132 Å². The number of nitro groups is 1. The van der Waals surface area contributed by atoms with E-state index in [1.54, 1.807) is 29.2 Å². The molecule has 2 aromatic carbocycles. The molecule has 7 heteroatoms. The number of rotatable bonds is 5. The lowest BCUT2D eigenvalue weighted by atomic mass is 10.3. The van der Waals surface area contributed by atoms with Gasteiger partial charge >= 0.3 is 0 Å². The predicted octanol–water partition coefficient (Wildman–Crippen LogP) is 3.23. The topological polar surface area (TPSA) is 85.3 Å². The minimum absolute atomic E-state index is 0.0451. The van der Waals surface area contributed by atoms with Crippen LogP contribution in [-0.2, 0) is 0 Å². The van der Waals surface area contributed by atoms with Gasteiger partial charge in [-0.05, 0) is 24.3 Å². The van der Waals surface area contributed by atoms with E-state index in [1.807, 2.05) is 36.5 Å². The normalized spacial score (nSPS) is 10.8. The summed E-state index contributed by atoms with van der Waals surface area (Å²) in [5, 5.41) is 18.9. The molecule has 7 nitrogen and oxygen atoms in total. The summed E-state index contributed by atoms with van der Waals surface area (Å²) in [7, 11) is 0. The van der Waals surface area contributed by atoms with Crippen LogP contribution in [0.1, 0.15) is 5.56 Å². The molecule has 23 heavy (non-hydrogen) atoms. The summed E-state index contributed by atoms with van der Waals surface area (Å²) >= 11 is 0. The van der Waals surface area contributed by atoms with Gasteiger partial charge in [0.05, 0.1) is 28.7 Å². The average molecular weight is 307 g/mol. The van der Waals surface area contributed by atoms with E-state index in [0.717, 1.165) is 11.3 Å². The van der Waals surface area contributed by atoms with E-state index in [2.05, 4.69) is 15.6 Å². The molecule has 0 saturated heterocycles. The first-order chi connectivity index (χ1) is 11.2. The lowest BCUT2D eigenvalue weighted by Crippen LogP contribution is -1.93. The number of hydrazone groups is 1. The van der Waals surface area contributed by atoms with Crippen molar-refractivity contribution in [2.45, 2.75) is 0 Å². The van der Waals surface area contributed by atoms with Gasteiger partial charge in [0.15, 0.2) is 0 Å². The standard InChI is InChI=1S/C16H13N5O2/c22-21(23)16-8-6-14(7-9-16)19-17-10-13-11-18-20(12-13)15-4-2-1-3-5-15/h1-12,19H/b17-10+. The minimum atomic E-state index is -0.439. The Balaban J connectivity index is 1.64. The smallest absolute Gasteiger partial charge is 0.269 e. The fourth-order valence-corrected chi connectivity index (χ4v) is 1.96. The second-order valence-electron chi connectivity index (χ2n) is 4.73. The first kappa shape index (κ1) is 14.5. The van der Waals surface area contributed by atoms with Crippen LogP contribution in [-0.4, -0.2) is 20.9 Å². The molecule has 0 spiro atoms. The largest absolute Gasteiger partial charge is 0.278 e. The number of nitro benzene ring substituents is 1. The Morgan fingerprint density at radius 1 is 1.13 bits per heavy atom. The van der Waals surface area contributed by atoms with Gasteiger partial charge in [0, 0.05) is 23.9 Å². The third-order valence-corrected chi connectivity index (χ3v) is 3.11. The van der Waals surface area contributed by atoms with Gasteiger partial charge < -0.3 is 0 Å². The lowest BCUT2D eigenvalue weighted by Gasteiger charge is -1.99. The Hall–Kier alpha value is -3.48. The molecule has 1 N–H and O–H groups in total. The molecule has 0 radical (unpaired) electrons. The van der Waals surface area contributed by atoms with Gasteiger partial charge in [-0.1, -0.05) is 18.2 Å². The third-order valence-electron chi connectivity index (χ3n) is 3.11. The Kier molecular flexibility index (Phi) is 4.10. The maximum atomic E-state index is 10.6. The number of non-ortho nitro benzene ring substituents is 1. The summed E-state index contributed by atoms with van der Waals surface area (Å²) in [4.78, 5) is 10.1. The van der Waals surface area contributed by atoms with E-state index >= 15 is 0 Å². The van der Waals surface area contributed by atoms with Crippen molar-refractivity contribution in [1.29, 1.82) is 0 Å². The molecule has 3 rings (SSSR count). The molecule has 0 atom stereocenters. The lowest BCUT2D eigenvalue weighted by molar-refractivity contribution is -0.384. The Morgan fingerprint density at radius 3 is 2.57 bits per heavy atom. The van der Waals surface area contributed by atoms with Gasteiger partial charge in [0.2, 0.25) is 0 Å². The number of hydrogen-bond donors (Lipinski definition) is 1. The van der Waals surface area contributed by atoms with Crippen molar-refractivity contribution in [2.24, 2.45) is 5.10 Å². The summed E-state index contributed by atoms with van der Waals surface area (Å²) in [6.07, 6.45) is 5.19. The zero-order valence-corrected chi connectivity index (χ0v) is 12.0. The van der Waals surface area contributed by atoms with Crippen LogP contribution in [0.25, 0.3) is 5.69 Å². The fraction of sp³-hybridized carbons (Fsp3) is 0. The molecule has 0 bridgehead atoms. The van der Waals surface area contributed by atoms with Crippen molar-refractivity contribution in [3.63, 3.8) is 0 Å². The van der Waals surface area contributed by atoms with Crippen molar-refractivity contribution in [2.75, 3.05) is 5.43 Å². The van der Waals surface area contributed by atoms with Gasteiger partial charge in [-0.15, -0.1) is 0 Å². The molecule has 1 heterocycles. The molecule has 0 aliphatic rings. The van der Waals surface area contributed by atoms with Crippen LogP contribution in [0.2, 0.25) is 0 Å². The van der Waals surface area contributed by atoms with E-state index in [4.69, 9.17) is 0 Å². The Morgan fingerprint density at radius 2 is 1.87 bits per heavy atom. The highest BCUT2D eigenvalue weighted by molar-refractivity contribution is 5.79. The third kappa shape index (κ3) is 3.59. The SMILES string of the molecule is O=[N+]([O-])c1ccc(N/N=C/c2cnn(-c3ccccc3)c2)cc1. The van der Waals surface area contributed by atoms with Crippen LogP contribution in [0.3, 0.4) is 0 Å². The fourth-order valence-electron chi connectivity index (χ4n) is 1.96. The zero-order valence-electron chi connectivity index (χ0n) is 12.0. The van der Waals surface area contributed by atoms with Gasteiger partial charge in [0.25, 0.3) is 5.69 Å². The highest BCUT2D eigenvalue weighted by Gasteiger charge is 2.03. The quantitative estimate of drug-likeness (QED) is 0.445. The highest BCUT2D eigenvalue weighted by atomic mass is 16.6. The second kappa shape index (κ2) is 6.52. The van der Waals surface area contributed by atoms with E-state index in [0.29, 0.717) is 5.69 Å². The van der Waals surface area contributed by atoms with Crippen LogP contribution in [0.5, 0.6) is 0 Å². The highest BCUT2D eigenvalue weighted by Crippen LogP contribution is 2.15. The number of anilines is 1. The number of nitrogens with one attached hydrogen (secondary N) is 1. The molecule has 114 valence electrons. The van der Waals surface area contributed by atoms with Gasteiger partial charge in [0.1, 0.15) is 0 Å². The molecule has 1 aromatic heterocycles. The van der Waals surface area contributed by atoms with Crippen molar-refractivity contribution in [3.05, 3.63) is 82.7 Å². The number of nitrogens with zero attached hydrogens (tertiary/aromatic N) is 4. The summed E-state index contributed by atoms with van der Waals surface area (Å²) in [5.74, 6) is 0. The average Bonchev–Trinajstić information content (AvgIpc) is 3.05. The molecule has 3 aromatic rings. The van der Waals surface area contributed by atoms with Gasteiger partial charge in [-0.25, -0.2) is 4.68 Å². The van der Waals surface area contributed by atoms with E-state index in [9.17, 15) is 10.1 Å². The monoisotopic (exact) mass is 307 g/mol. The zero-order chi connectivity index (χ0) is 16.1. The second-order valence-corrected chi connectivity index (χ2v) is 4.73. The number of aromatic nitrogens is 2. The van der Waals surface area contributed by atoms with Crippen LogP contribution in [0.4, 0.5) is 11.4 Å². The Bertz CT molecular complexity index is 825. The summed E-state index contributed by atoms with van der Waals surface area (Å²) in [5.41, 5.74) is 5.34. The molecular weight excluding hydrogens is 294 g/mol. The summed E-state index contributed by atoms with van der Waals surface area (Å²) < 4.78 is 1.76. The van der Waals surface area contributed by atoms with Crippen molar-refractivity contribution >= 4 is 17.6 Å². The van der Waals surface area contributed by atoms with Gasteiger partial charge in [-0.3, -0.25) is 15.5 Å². The number of para-hydroxylation sites is 1. The van der Waals surface area contributed by atoms with Gasteiger partial charge in [-0.2, -0.15) is 10.2 Å². The maximum absolute atomic E-state index is 10.6. The molecule has 0 saturated carbocycles. The first-order valence-corrected chi connectivity index (χ1v) is 6.86. The van der Waals surface area contributed by atoms with Crippen molar-refractivity contribution < 1.29 is 4.92 Å². The van der Waals surface area contributed by atoms with Crippen molar-refractivity contribution in [1.82, 2.24) is 9.78 Å². The molecule has 0 fully saturated rings. The van der Waals surface area contributed by atoms with Crippen LogP contribution in [0, 0.1) is 10.1 Å². The predicted molar refractivity (Wildman–Crippen MR) is 87.9 cm³/mol. The molecule has 0 aliphatic heterocycles. The molecule has 0 aliphatic carbocycles. The minimum Gasteiger partial charge on any atom is -0.278 e.